The van der Waals surface area contributed by atoms with Crippen molar-refractivity contribution in [2.24, 2.45) is 0 Å². The highest BCUT2D eigenvalue weighted by Crippen LogP contribution is 2.20. The SMILES string of the molecule is CCNC(=O)[C@@H](C)N(Cc1ccccc1C)C(=O)CCCN(c1cccc(C)c1)S(C)(=O)=O. The number of nitrogens with one attached hydrogen (secondary N) is 1. The summed E-state index contributed by atoms with van der Waals surface area (Å²) in [6.07, 6.45) is 1.64. The first-order valence-corrected chi connectivity index (χ1v) is 13.1. The molecule has 0 saturated heterocycles. The number of nitrogens with zero attached hydrogens (tertiary/aromatic N) is 2. The standard InChI is InChI=1S/C25H35N3O4S/c1-6-26-25(30)21(4)27(18-22-13-8-7-12-20(22)3)24(29)15-10-16-28(33(5,31)32)23-14-9-11-19(2)17-23/h7-9,11-14,17,21H,6,10,15-16,18H2,1-5H3,(H,26,30)/t21-/m1/s1. The third-order valence-corrected chi connectivity index (χ3v) is 6.76. The summed E-state index contributed by atoms with van der Waals surface area (Å²) in [5.41, 5.74) is 3.55. The van der Waals surface area contributed by atoms with E-state index >= 15 is 0 Å². The maximum atomic E-state index is 13.2. The van der Waals surface area contributed by atoms with Gasteiger partial charge in [-0.3, -0.25) is 13.9 Å². The monoisotopic (exact) mass is 473 g/mol. The molecule has 2 aromatic rings. The van der Waals surface area contributed by atoms with Gasteiger partial charge in [-0.2, -0.15) is 0 Å². The average molecular weight is 474 g/mol. The molecule has 1 N–H and O–H groups in total. The summed E-state index contributed by atoms with van der Waals surface area (Å²) >= 11 is 0. The van der Waals surface area contributed by atoms with E-state index in [0.717, 1.165) is 16.7 Å². The van der Waals surface area contributed by atoms with Crippen LogP contribution >= 0.6 is 0 Å². The number of carbonyl (C=O) groups is 2. The van der Waals surface area contributed by atoms with Gasteiger partial charge < -0.3 is 10.2 Å². The molecule has 2 rings (SSSR count). The van der Waals surface area contributed by atoms with E-state index in [9.17, 15) is 18.0 Å². The van der Waals surface area contributed by atoms with Crippen LogP contribution in [-0.2, 0) is 26.2 Å². The molecule has 0 fully saturated rings. The van der Waals surface area contributed by atoms with Gasteiger partial charge in [0.15, 0.2) is 0 Å². The van der Waals surface area contributed by atoms with Gasteiger partial charge in [0.1, 0.15) is 6.04 Å². The Morgan fingerprint density at radius 1 is 1.06 bits per heavy atom. The van der Waals surface area contributed by atoms with Crippen molar-refractivity contribution in [3.63, 3.8) is 0 Å². The Morgan fingerprint density at radius 3 is 2.36 bits per heavy atom. The number of hydrogen-bond donors (Lipinski definition) is 1. The summed E-state index contributed by atoms with van der Waals surface area (Å²) in [7, 11) is -3.50. The van der Waals surface area contributed by atoms with Crippen molar-refractivity contribution >= 4 is 27.5 Å². The summed E-state index contributed by atoms with van der Waals surface area (Å²) in [5.74, 6) is -0.397. The summed E-state index contributed by atoms with van der Waals surface area (Å²) in [4.78, 5) is 27.3. The second-order valence-electron chi connectivity index (χ2n) is 8.30. The lowest BCUT2D eigenvalue weighted by atomic mass is 10.1. The van der Waals surface area contributed by atoms with Crippen molar-refractivity contribution in [1.29, 1.82) is 0 Å². The van der Waals surface area contributed by atoms with Gasteiger partial charge in [-0.15, -0.1) is 0 Å². The molecule has 7 nitrogen and oxygen atoms in total. The zero-order valence-corrected chi connectivity index (χ0v) is 21.0. The third-order valence-electron chi connectivity index (χ3n) is 5.56. The van der Waals surface area contributed by atoms with Gasteiger partial charge >= 0.3 is 0 Å². The highest BCUT2D eigenvalue weighted by molar-refractivity contribution is 7.92. The molecule has 2 aromatic carbocycles. The number of carbonyl (C=O) groups excluding carboxylic acids is 2. The molecule has 0 radical (unpaired) electrons. The van der Waals surface area contributed by atoms with E-state index < -0.39 is 16.1 Å². The molecule has 2 amide bonds. The first kappa shape index (κ1) is 26.4. The Morgan fingerprint density at radius 2 is 1.76 bits per heavy atom. The predicted molar refractivity (Wildman–Crippen MR) is 132 cm³/mol. The van der Waals surface area contributed by atoms with Gasteiger partial charge in [-0.1, -0.05) is 36.4 Å². The Bertz CT molecular complexity index is 1070. The molecular weight excluding hydrogens is 438 g/mol. The lowest BCUT2D eigenvalue weighted by Gasteiger charge is -2.30. The lowest BCUT2D eigenvalue weighted by Crippen LogP contribution is -2.47. The molecule has 1 atom stereocenters. The fourth-order valence-corrected chi connectivity index (χ4v) is 4.62. The van der Waals surface area contributed by atoms with E-state index in [4.69, 9.17) is 0 Å². The number of anilines is 1. The van der Waals surface area contributed by atoms with Crippen molar-refractivity contribution in [3.8, 4) is 0 Å². The zero-order chi connectivity index (χ0) is 24.6. The van der Waals surface area contributed by atoms with Crippen LogP contribution in [0.1, 0.15) is 43.4 Å². The minimum Gasteiger partial charge on any atom is -0.355 e. The first-order chi connectivity index (χ1) is 15.5. The van der Waals surface area contributed by atoms with Gasteiger partial charge in [0.2, 0.25) is 21.8 Å². The minimum atomic E-state index is -3.50. The molecule has 0 aromatic heterocycles. The van der Waals surface area contributed by atoms with Crippen molar-refractivity contribution in [3.05, 3.63) is 65.2 Å². The van der Waals surface area contributed by atoms with Crippen LogP contribution < -0.4 is 9.62 Å². The van der Waals surface area contributed by atoms with E-state index in [1.54, 1.807) is 17.9 Å². The molecule has 33 heavy (non-hydrogen) atoms. The molecule has 0 saturated carbocycles. The van der Waals surface area contributed by atoms with Crippen molar-refractivity contribution < 1.29 is 18.0 Å². The molecule has 180 valence electrons. The fraction of sp³-hybridized carbons (Fsp3) is 0.440. The number of rotatable bonds is 11. The van der Waals surface area contributed by atoms with E-state index in [2.05, 4.69) is 5.32 Å². The molecule has 0 aliphatic carbocycles. The van der Waals surface area contributed by atoms with Crippen molar-refractivity contribution in [2.45, 2.75) is 53.1 Å². The van der Waals surface area contributed by atoms with E-state index in [-0.39, 0.29) is 24.8 Å². The van der Waals surface area contributed by atoms with Crippen LogP contribution in [0.2, 0.25) is 0 Å². The number of hydrogen-bond acceptors (Lipinski definition) is 4. The zero-order valence-electron chi connectivity index (χ0n) is 20.2. The van der Waals surface area contributed by atoms with Crippen LogP contribution in [0.25, 0.3) is 0 Å². The lowest BCUT2D eigenvalue weighted by molar-refractivity contribution is -0.140. The fourth-order valence-electron chi connectivity index (χ4n) is 3.66. The van der Waals surface area contributed by atoms with E-state index in [1.807, 2.05) is 63.2 Å². The second-order valence-corrected chi connectivity index (χ2v) is 10.2. The van der Waals surface area contributed by atoms with Crippen LogP contribution in [-0.4, -0.2) is 50.5 Å². The van der Waals surface area contributed by atoms with Crippen LogP contribution in [0.4, 0.5) is 5.69 Å². The summed E-state index contributed by atoms with van der Waals surface area (Å²) < 4.78 is 26.1. The molecule has 0 aliphatic rings. The molecule has 0 bridgehead atoms. The molecule has 8 heteroatoms. The largest absolute Gasteiger partial charge is 0.355 e. The molecule has 0 unspecified atom stereocenters. The Hall–Kier alpha value is -2.87. The topological polar surface area (TPSA) is 86.8 Å². The number of sulfonamides is 1. The predicted octanol–water partition coefficient (Wildman–Crippen LogP) is 3.40. The molecule has 0 heterocycles. The smallest absolute Gasteiger partial charge is 0.242 e. The highest BCUT2D eigenvalue weighted by atomic mass is 32.2. The molecular formula is C25H35N3O4S. The minimum absolute atomic E-state index is 0.132. The maximum absolute atomic E-state index is 13.2. The number of amides is 2. The van der Waals surface area contributed by atoms with Gasteiger partial charge in [0.05, 0.1) is 11.9 Å². The van der Waals surface area contributed by atoms with Crippen LogP contribution in [0.3, 0.4) is 0 Å². The maximum Gasteiger partial charge on any atom is 0.242 e. The summed E-state index contributed by atoms with van der Waals surface area (Å²) in [6.45, 7) is 8.41. The van der Waals surface area contributed by atoms with Gasteiger partial charge in [0.25, 0.3) is 0 Å². The van der Waals surface area contributed by atoms with Gasteiger partial charge in [0, 0.05) is 26.1 Å². The van der Waals surface area contributed by atoms with Crippen LogP contribution in [0.15, 0.2) is 48.5 Å². The average Bonchev–Trinajstić information content (AvgIpc) is 2.74. The quantitative estimate of drug-likeness (QED) is 0.542. The number of aryl methyl sites for hydroxylation is 2. The normalized spacial score (nSPS) is 12.2. The van der Waals surface area contributed by atoms with Crippen LogP contribution in [0, 0.1) is 13.8 Å². The van der Waals surface area contributed by atoms with Crippen LogP contribution in [0.5, 0.6) is 0 Å². The van der Waals surface area contributed by atoms with Gasteiger partial charge in [-0.25, -0.2) is 8.42 Å². The second kappa shape index (κ2) is 11.8. The molecule has 0 spiro atoms. The number of likely N-dealkylation sites (N-methyl/N-ethyl adjacent to an activating group) is 1. The summed E-state index contributed by atoms with van der Waals surface area (Å²) in [5, 5.41) is 2.78. The van der Waals surface area contributed by atoms with Crippen molar-refractivity contribution in [1.82, 2.24) is 10.2 Å². The van der Waals surface area contributed by atoms with E-state index in [1.165, 1.54) is 10.6 Å². The Labute approximate surface area is 197 Å². The van der Waals surface area contributed by atoms with Gasteiger partial charge in [-0.05, 0) is 62.9 Å². The van der Waals surface area contributed by atoms with E-state index in [0.29, 0.717) is 25.2 Å². The molecule has 0 aliphatic heterocycles. The highest BCUT2D eigenvalue weighted by Gasteiger charge is 2.26. The first-order valence-electron chi connectivity index (χ1n) is 11.2. The third kappa shape index (κ3) is 7.60. The summed E-state index contributed by atoms with van der Waals surface area (Å²) in [6, 6.07) is 14.4. The Balaban J connectivity index is 2.16. The Kier molecular flexibility index (Phi) is 9.46. The van der Waals surface area contributed by atoms with Crippen molar-refractivity contribution in [2.75, 3.05) is 23.7 Å². The number of benzene rings is 2.